The first-order valence-electron chi connectivity index (χ1n) is 6.62. The predicted octanol–water partition coefficient (Wildman–Crippen LogP) is 2.36. The van der Waals surface area contributed by atoms with E-state index < -0.39 is 0 Å². The molecule has 0 bridgehead atoms. The van der Waals surface area contributed by atoms with Crippen LogP contribution >= 0.6 is 9.24 Å². The van der Waals surface area contributed by atoms with Crippen LogP contribution < -0.4 is 10.2 Å². The summed E-state index contributed by atoms with van der Waals surface area (Å²) in [6.07, 6.45) is 0. The Labute approximate surface area is 108 Å². The minimum atomic E-state index is 1.16. The average Bonchev–Trinajstić information content (AvgIpc) is 2.42. The number of hydrogen-bond acceptors (Lipinski definition) is 2. The molecule has 1 aromatic carbocycles. The van der Waals surface area contributed by atoms with Gasteiger partial charge in [-0.15, -0.1) is 9.24 Å². The highest BCUT2D eigenvalue weighted by molar-refractivity contribution is 7.27. The van der Waals surface area contributed by atoms with Crippen LogP contribution in [-0.4, -0.2) is 37.6 Å². The fraction of sp³-hybridized carbons (Fsp3) is 0.571. The minimum Gasteiger partial charge on any atom is -0.369 e. The highest BCUT2D eigenvalue weighted by Gasteiger charge is 2.15. The summed E-state index contributed by atoms with van der Waals surface area (Å²) in [6, 6.07) is 8.74. The van der Waals surface area contributed by atoms with Gasteiger partial charge < -0.3 is 9.80 Å². The van der Waals surface area contributed by atoms with Gasteiger partial charge in [0.05, 0.1) is 0 Å². The van der Waals surface area contributed by atoms with E-state index >= 15 is 0 Å². The predicted molar refractivity (Wildman–Crippen MR) is 81.5 cm³/mol. The molecule has 1 fully saturated rings. The van der Waals surface area contributed by atoms with Crippen molar-refractivity contribution in [2.75, 3.05) is 37.6 Å². The van der Waals surface area contributed by atoms with Crippen LogP contribution in [0.5, 0.6) is 0 Å². The third-order valence-electron chi connectivity index (χ3n) is 3.08. The Kier molecular flexibility index (Phi) is 6.54. The van der Waals surface area contributed by atoms with Crippen LogP contribution in [0.4, 0.5) is 5.69 Å². The molecule has 0 N–H and O–H groups in total. The summed E-state index contributed by atoms with van der Waals surface area (Å²) >= 11 is 0. The summed E-state index contributed by atoms with van der Waals surface area (Å²) in [5.74, 6) is 0. The van der Waals surface area contributed by atoms with Crippen molar-refractivity contribution in [3.63, 3.8) is 0 Å². The summed E-state index contributed by atoms with van der Waals surface area (Å²) in [6.45, 7) is 12.1. The third-order valence-corrected chi connectivity index (χ3v) is 3.46. The number of nitrogens with zero attached hydrogens (tertiary/aromatic N) is 2. The van der Waals surface area contributed by atoms with Crippen molar-refractivity contribution in [1.82, 2.24) is 4.90 Å². The minimum absolute atomic E-state index is 1.16. The van der Waals surface area contributed by atoms with E-state index in [1.165, 1.54) is 30.6 Å². The fourth-order valence-electron chi connectivity index (χ4n) is 2.01. The molecule has 1 atom stereocenters. The molecule has 0 saturated carbocycles. The lowest BCUT2D eigenvalue weighted by molar-refractivity contribution is 0.271. The van der Waals surface area contributed by atoms with Crippen molar-refractivity contribution in [2.45, 2.75) is 20.8 Å². The van der Waals surface area contributed by atoms with E-state index in [9.17, 15) is 0 Å². The van der Waals surface area contributed by atoms with Crippen molar-refractivity contribution < 1.29 is 0 Å². The average molecular weight is 252 g/mol. The van der Waals surface area contributed by atoms with Crippen LogP contribution in [0.3, 0.4) is 0 Å². The van der Waals surface area contributed by atoms with Gasteiger partial charge in [0.25, 0.3) is 0 Å². The van der Waals surface area contributed by atoms with Crippen LogP contribution in [0.15, 0.2) is 24.3 Å². The molecule has 0 spiro atoms. The standard InChI is InChI=1S/C12H19N2P.C2H6/c1-2-13-7-9-14(10-8-13)11-3-5-12(15)6-4-11;1-2/h3-6H,2,7-10,15H2,1H3;1-2H3. The van der Waals surface area contributed by atoms with Gasteiger partial charge in [0.2, 0.25) is 0 Å². The summed E-state index contributed by atoms with van der Waals surface area (Å²) in [5.41, 5.74) is 1.36. The smallest absolute Gasteiger partial charge is 0.0367 e. The van der Waals surface area contributed by atoms with Crippen molar-refractivity contribution in [3.05, 3.63) is 24.3 Å². The van der Waals surface area contributed by atoms with E-state index in [-0.39, 0.29) is 0 Å². The highest BCUT2D eigenvalue weighted by atomic mass is 31.0. The topological polar surface area (TPSA) is 6.48 Å². The zero-order valence-electron chi connectivity index (χ0n) is 11.3. The Hall–Kier alpha value is -0.590. The number of benzene rings is 1. The molecule has 0 radical (unpaired) electrons. The van der Waals surface area contributed by atoms with E-state index in [0.29, 0.717) is 0 Å². The van der Waals surface area contributed by atoms with E-state index in [0.717, 1.165) is 13.1 Å². The van der Waals surface area contributed by atoms with E-state index in [1.807, 2.05) is 13.8 Å². The van der Waals surface area contributed by atoms with Gasteiger partial charge in [0.1, 0.15) is 0 Å². The number of hydrogen-bond donors (Lipinski definition) is 0. The molecule has 2 nitrogen and oxygen atoms in total. The second kappa shape index (κ2) is 7.68. The molecular weight excluding hydrogens is 227 g/mol. The second-order valence-corrected chi connectivity index (χ2v) is 4.68. The molecule has 0 amide bonds. The number of likely N-dealkylation sites (N-methyl/N-ethyl adjacent to an activating group) is 1. The first kappa shape index (κ1) is 14.5. The number of piperazine rings is 1. The van der Waals surface area contributed by atoms with E-state index in [4.69, 9.17) is 0 Å². The lowest BCUT2D eigenvalue weighted by Gasteiger charge is -2.35. The first-order valence-corrected chi connectivity index (χ1v) is 7.20. The van der Waals surface area contributed by atoms with Gasteiger partial charge >= 0.3 is 0 Å². The molecule has 0 aromatic heterocycles. The SMILES string of the molecule is CC.CCN1CCN(c2ccc(P)cc2)CC1. The Balaban J connectivity index is 0.000000686. The normalized spacial score (nSPS) is 16.4. The van der Waals surface area contributed by atoms with Crippen LogP contribution in [0.2, 0.25) is 0 Å². The van der Waals surface area contributed by atoms with E-state index in [1.54, 1.807) is 0 Å². The third kappa shape index (κ3) is 4.29. The molecule has 2 rings (SSSR count). The van der Waals surface area contributed by atoms with Crippen LogP contribution in [0.25, 0.3) is 0 Å². The van der Waals surface area contributed by atoms with Gasteiger partial charge in [0, 0.05) is 31.9 Å². The molecule has 1 unspecified atom stereocenters. The highest BCUT2D eigenvalue weighted by Crippen LogP contribution is 2.15. The lowest BCUT2D eigenvalue weighted by Crippen LogP contribution is -2.46. The summed E-state index contributed by atoms with van der Waals surface area (Å²) in [5, 5.41) is 1.26. The fourth-order valence-corrected chi connectivity index (χ4v) is 2.20. The van der Waals surface area contributed by atoms with Crippen LogP contribution in [-0.2, 0) is 0 Å². The molecule has 0 aliphatic carbocycles. The van der Waals surface area contributed by atoms with Crippen molar-refractivity contribution in [3.8, 4) is 0 Å². The molecular formula is C14H25N2P. The molecule has 1 heterocycles. The van der Waals surface area contributed by atoms with Gasteiger partial charge in [-0.2, -0.15) is 0 Å². The molecule has 1 aromatic rings. The van der Waals surface area contributed by atoms with Gasteiger partial charge in [-0.05, 0) is 24.0 Å². The van der Waals surface area contributed by atoms with Gasteiger partial charge in [0.15, 0.2) is 0 Å². The van der Waals surface area contributed by atoms with Crippen molar-refractivity contribution in [1.29, 1.82) is 0 Å². The Morgan fingerprint density at radius 1 is 1.00 bits per heavy atom. The monoisotopic (exact) mass is 252 g/mol. The maximum Gasteiger partial charge on any atom is 0.0367 e. The van der Waals surface area contributed by atoms with Crippen molar-refractivity contribution in [2.24, 2.45) is 0 Å². The molecule has 1 aliphatic heterocycles. The molecule has 96 valence electrons. The van der Waals surface area contributed by atoms with Crippen molar-refractivity contribution >= 4 is 20.2 Å². The van der Waals surface area contributed by atoms with Gasteiger partial charge in [-0.3, -0.25) is 0 Å². The Bertz CT molecular complexity index is 303. The zero-order valence-corrected chi connectivity index (χ0v) is 12.5. The number of anilines is 1. The summed E-state index contributed by atoms with van der Waals surface area (Å²) < 4.78 is 0. The summed E-state index contributed by atoms with van der Waals surface area (Å²) in [7, 11) is 2.73. The second-order valence-electron chi connectivity index (χ2n) is 4.01. The van der Waals surface area contributed by atoms with Gasteiger partial charge in [-0.25, -0.2) is 0 Å². The Morgan fingerprint density at radius 3 is 2.00 bits per heavy atom. The first-order chi connectivity index (χ1) is 8.29. The molecule has 1 aliphatic rings. The maximum atomic E-state index is 2.73. The molecule has 3 heteroatoms. The van der Waals surface area contributed by atoms with Gasteiger partial charge in [-0.1, -0.05) is 32.9 Å². The van der Waals surface area contributed by atoms with Crippen LogP contribution in [0, 0.1) is 0 Å². The summed E-state index contributed by atoms with van der Waals surface area (Å²) in [4.78, 5) is 4.97. The van der Waals surface area contributed by atoms with E-state index in [2.05, 4.69) is 50.2 Å². The lowest BCUT2D eigenvalue weighted by atomic mass is 10.2. The Morgan fingerprint density at radius 2 is 1.53 bits per heavy atom. The zero-order chi connectivity index (χ0) is 12.7. The molecule has 17 heavy (non-hydrogen) atoms. The largest absolute Gasteiger partial charge is 0.369 e. The molecule has 1 saturated heterocycles. The number of rotatable bonds is 2. The quantitative estimate of drug-likeness (QED) is 0.746. The van der Waals surface area contributed by atoms with Crippen LogP contribution in [0.1, 0.15) is 20.8 Å². The maximum absolute atomic E-state index is 2.73.